The number of rotatable bonds is 4. The predicted octanol–water partition coefficient (Wildman–Crippen LogP) is 3.16. The molecular formula is C16H13ClN2O3. The summed E-state index contributed by atoms with van der Waals surface area (Å²) in [5, 5.41) is 18.5. The van der Waals surface area contributed by atoms with Crippen LogP contribution in [0.4, 0.5) is 0 Å². The van der Waals surface area contributed by atoms with Gasteiger partial charge in [0, 0.05) is 34.8 Å². The Kier molecular flexibility index (Phi) is 3.98. The van der Waals surface area contributed by atoms with Crippen LogP contribution in [-0.4, -0.2) is 22.7 Å². The van der Waals surface area contributed by atoms with Crippen molar-refractivity contribution in [1.82, 2.24) is 10.5 Å². The van der Waals surface area contributed by atoms with E-state index in [0.717, 1.165) is 5.69 Å². The van der Waals surface area contributed by atoms with Gasteiger partial charge in [0.05, 0.1) is 11.3 Å². The lowest BCUT2D eigenvalue weighted by Gasteiger charge is -2.10. The fourth-order valence-corrected chi connectivity index (χ4v) is 2.53. The maximum absolute atomic E-state index is 12.2. The van der Waals surface area contributed by atoms with Crippen LogP contribution >= 0.6 is 11.6 Å². The number of hydrogen-bond donors (Lipinski definition) is 2. The molecule has 5 nitrogen and oxygen atoms in total. The molecule has 1 heterocycles. The lowest BCUT2D eigenvalue weighted by molar-refractivity contribution is 0.0951. The Bertz CT molecular complexity index is 816. The SMILES string of the molecule is O=C(NCCc1ccon1)c1cc(Cl)c2ccccc2c1O. The summed E-state index contributed by atoms with van der Waals surface area (Å²) < 4.78 is 4.72. The number of fused-ring (bicyclic) bond motifs is 1. The molecular weight excluding hydrogens is 304 g/mol. The topological polar surface area (TPSA) is 75.4 Å². The zero-order valence-electron chi connectivity index (χ0n) is 11.5. The molecule has 2 N–H and O–H groups in total. The molecule has 0 unspecified atom stereocenters. The summed E-state index contributed by atoms with van der Waals surface area (Å²) in [6.45, 7) is 0.384. The van der Waals surface area contributed by atoms with E-state index < -0.39 is 0 Å². The highest BCUT2D eigenvalue weighted by Crippen LogP contribution is 2.34. The first-order chi connectivity index (χ1) is 10.7. The van der Waals surface area contributed by atoms with Crippen LogP contribution in [0.2, 0.25) is 5.02 Å². The number of benzene rings is 2. The molecule has 0 aliphatic rings. The Morgan fingerprint density at radius 2 is 2.05 bits per heavy atom. The summed E-state index contributed by atoms with van der Waals surface area (Å²) in [5.41, 5.74) is 0.907. The minimum atomic E-state index is -0.381. The Morgan fingerprint density at radius 1 is 1.27 bits per heavy atom. The molecule has 0 fully saturated rings. The molecule has 1 aromatic heterocycles. The third kappa shape index (κ3) is 2.76. The molecule has 22 heavy (non-hydrogen) atoms. The van der Waals surface area contributed by atoms with Crippen molar-refractivity contribution >= 4 is 28.3 Å². The second kappa shape index (κ2) is 6.07. The number of aromatic nitrogens is 1. The second-order valence-corrected chi connectivity index (χ2v) is 5.20. The molecule has 3 aromatic rings. The summed E-state index contributed by atoms with van der Waals surface area (Å²) in [5.74, 6) is -0.451. The van der Waals surface area contributed by atoms with Crippen LogP contribution < -0.4 is 5.32 Å². The number of phenolic OH excluding ortho intramolecular Hbond substituents is 1. The molecule has 1 amide bonds. The second-order valence-electron chi connectivity index (χ2n) is 4.80. The molecule has 0 radical (unpaired) electrons. The summed E-state index contributed by atoms with van der Waals surface area (Å²) in [4.78, 5) is 12.2. The van der Waals surface area contributed by atoms with E-state index in [1.54, 1.807) is 24.3 Å². The van der Waals surface area contributed by atoms with E-state index in [2.05, 4.69) is 10.5 Å². The quantitative estimate of drug-likeness (QED) is 0.775. The molecule has 6 heteroatoms. The standard InChI is InChI=1S/C16H13ClN2O3/c17-14-9-13(15(20)12-4-2-1-3-11(12)14)16(21)18-7-5-10-6-8-22-19-10/h1-4,6,8-9,20H,5,7H2,(H,18,21). The molecule has 0 atom stereocenters. The van der Waals surface area contributed by atoms with Gasteiger partial charge in [0.15, 0.2) is 0 Å². The Labute approximate surface area is 131 Å². The van der Waals surface area contributed by atoms with Gasteiger partial charge >= 0.3 is 0 Å². The van der Waals surface area contributed by atoms with Crippen molar-refractivity contribution in [2.45, 2.75) is 6.42 Å². The van der Waals surface area contributed by atoms with Crippen molar-refractivity contribution in [3.8, 4) is 5.75 Å². The highest BCUT2D eigenvalue weighted by atomic mass is 35.5. The molecule has 0 bridgehead atoms. The van der Waals surface area contributed by atoms with Gasteiger partial charge in [0.25, 0.3) is 5.91 Å². The van der Waals surface area contributed by atoms with E-state index in [1.165, 1.54) is 12.3 Å². The molecule has 2 aromatic carbocycles. The number of carbonyl (C=O) groups is 1. The largest absolute Gasteiger partial charge is 0.506 e. The average molecular weight is 317 g/mol. The van der Waals surface area contributed by atoms with E-state index >= 15 is 0 Å². The van der Waals surface area contributed by atoms with Gasteiger partial charge < -0.3 is 14.9 Å². The maximum atomic E-state index is 12.2. The van der Waals surface area contributed by atoms with Crippen LogP contribution in [0, 0.1) is 0 Å². The lowest BCUT2D eigenvalue weighted by Crippen LogP contribution is -2.25. The molecule has 0 spiro atoms. The zero-order valence-corrected chi connectivity index (χ0v) is 12.3. The summed E-state index contributed by atoms with van der Waals surface area (Å²) in [7, 11) is 0. The van der Waals surface area contributed by atoms with E-state index in [4.69, 9.17) is 16.1 Å². The minimum Gasteiger partial charge on any atom is -0.506 e. The Morgan fingerprint density at radius 3 is 2.77 bits per heavy atom. The average Bonchev–Trinajstić information content (AvgIpc) is 3.04. The lowest BCUT2D eigenvalue weighted by atomic mass is 10.0. The zero-order chi connectivity index (χ0) is 15.5. The molecule has 112 valence electrons. The van der Waals surface area contributed by atoms with Gasteiger partial charge in [0.1, 0.15) is 12.0 Å². The third-order valence-corrected chi connectivity index (χ3v) is 3.68. The van der Waals surface area contributed by atoms with Crippen molar-refractivity contribution in [1.29, 1.82) is 0 Å². The Hall–Kier alpha value is -2.53. The fraction of sp³-hybridized carbons (Fsp3) is 0.125. The highest BCUT2D eigenvalue weighted by Gasteiger charge is 2.16. The number of phenols is 1. The van der Waals surface area contributed by atoms with Gasteiger partial charge in [-0.25, -0.2) is 0 Å². The first kappa shape index (κ1) is 14.4. The van der Waals surface area contributed by atoms with E-state index in [9.17, 15) is 9.90 Å². The van der Waals surface area contributed by atoms with Crippen LogP contribution in [0.25, 0.3) is 10.8 Å². The number of amides is 1. The molecule has 0 aliphatic heterocycles. The van der Waals surface area contributed by atoms with Gasteiger partial charge in [-0.3, -0.25) is 4.79 Å². The third-order valence-electron chi connectivity index (χ3n) is 3.37. The monoisotopic (exact) mass is 316 g/mol. The van der Waals surface area contributed by atoms with Crippen molar-refractivity contribution in [2.24, 2.45) is 0 Å². The van der Waals surface area contributed by atoms with Crippen molar-refractivity contribution < 1.29 is 14.4 Å². The maximum Gasteiger partial charge on any atom is 0.255 e. The summed E-state index contributed by atoms with van der Waals surface area (Å²) in [6, 6.07) is 10.3. The first-order valence-electron chi connectivity index (χ1n) is 6.74. The van der Waals surface area contributed by atoms with Crippen molar-refractivity contribution in [3.05, 3.63) is 58.9 Å². The van der Waals surface area contributed by atoms with Crippen molar-refractivity contribution in [3.63, 3.8) is 0 Å². The number of nitrogens with one attached hydrogen (secondary N) is 1. The number of nitrogens with zero attached hydrogens (tertiary/aromatic N) is 1. The van der Waals surface area contributed by atoms with Crippen LogP contribution in [0.1, 0.15) is 16.1 Å². The number of carbonyl (C=O) groups excluding carboxylic acids is 1. The highest BCUT2D eigenvalue weighted by molar-refractivity contribution is 6.36. The van der Waals surface area contributed by atoms with Gasteiger partial charge in [-0.15, -0.1) is 0 Å². The van der Waals surface area contributed by atoms with Crippen LogP contribution in [0.3, 0.4) is 0 Å². The van der Waals surface area contributed by atoms with Gasteiger partial charge in [-0.1, -0.05) is 41.0 Å². The summed E-state index contributed by atoms with van der Waals surface area (Å²) >= 11 is 6.18. The van der Waals surface area contributed by atoms with Crippen LogP contribution in [0.5, 0.6) is 5.75 Å². The molecule has 0 aliphatic carbocycles. The number of aromatic hydroxyl groups is 1. The van der Waals surface area contributed by atoms with Gasteiger partial charge in [-0.05, 0) is 6.07 Å². The normalized spacial score (nSPS) is 10.8. The van der Waals surface area contributed by atoms with Crippen LogP contribution in [0.15, 0.2) is 47.2 Å². The van der Waals surface area contributed by atoms with Gasteiger partial charge in [0.2, 0.25) is 0 Å². The fourth-order valence-electron chi connectivity index (χ4n) is 2.25. The van der Waals surface area contributed by atoms with E-state index in [-0.39, 0.29) is 17.2 Å². The molecule has 0 saturated carbocycles. The van der Waals surface area contributed by atoms with Crippen molar-refractivity contribution in [2.75, 3.05) is 6.54 Å². The minimum absolute atomic E-state index is 0.0704. The van der Waals surface area contributed by atoms with E-state index in [0.29, 0.717) is 28.8 Å². The molecule has 3 rings (SSSR count). The van der Waals surface area contributed by atoms with Crippen LogP contribution in [-0.2, 0) is 6.42 Å². The summed E-state index contributed by atoms with van der Waals surface area (Å²) in [6.07, 6.45) is 2.02. The number of halogens is 1. The predicted molar refractivity (Wildman–Crippen MR) is 83.2 cm³/mol. The van der Waals surface area contributed by atoms with E-state index in [1.807, 2.05) is 6.07 Å². The number of hydrogen-bond acceptors (Lipinski definition) is 4. The Balaban J connectivity index is 1.80. The first-order valence-corrected chi connectivity index (χ1v) is 7.12. The molecule has 0 saturated heterocycles. The smallest absolute Gasteiger partial charge is 0.255 e. The van der Waals surface area contributed by atoms with Gasteiger partial charge in [-0.2, -0.15) is 0 Å².